The normalized spacial score (nSPS) is 39.1. The lowest BCUT2D eigenvalue weighted by molar-refractivity contribution is 0.175. The van der Waals surface area contributed by atoms with Gasteiger partial charge in [-0.05, 0) is 6.42 Å². The lowest BCUT2D eigenvalue weighted by atomic mass is 9.92. The molecule has 3 N–H and O–H groups in total. The monoisotopic (exact) mass is 138 g/mol. The van der Waals surface area contributed by atoms with Gasteiger partial charge in [-0.3, -0.25) is 0 Å². The molecule has 3 atom stereocenters. The van der Waals surface area contributed by atoms with Gasteiger partial charge in [-0.15, -0.1) is 0 Å². The van der Waals surface area contributed by atoms with E-state index in [9.17, 15) is 0 Å². The molecule has 0 aromatic rings. The van der Waals surface area contributed by atoms with Gasteiger partial charge >= 0.3 is 0 Å². The first-order valence-corrected chi connectivity index (χ1v) is 3.25. The van der Waals surface area contributed by atoms with Crippen molar-refractivity contribution in [2.75, 3.05) is 0 Å². The van der Waals surface area contributed by atoms with Gasteiger partial charge in [0, 0.05) is 6.04 Å². The van der Waals surface area contributed by atoms with Gasteiger partial charge in [0.05, 0.1) is 18.1 Å². The van der Waals surface area contributed by atoms with Crippen molar-refractivity contribution >= 4 is 0 Å². The van der Waals surface area contributed by atoms with Crippen molar-refractivity contribution in [3.8, 4) is 6.07 Å². The van der Waals surface area contributed by atoms with Gasteiger partial charge in [-0.2, -0.15) is 5.26 Å². The molecule has 3 nitrogen and oxygen atoms in total. The Morgan fingerprint density at radius 3 is 2.80 bits per heavy atom. The Balaban J connectivity index is 2.61. The van der Waals surface area contributed by atoms with E-state index in [0.717, 1.165) is 0 Å². The zero-order valence-electron chi connectivity index (χ0n) is 5.57. The van der Waals surface area contributed by atoms with Crippen molar-refractivity contribution in [1.29, 1.82) is 5.26 Å². The standard InChI is InChI=1S/C7H10N2O/c8-4-5-1-2-7(10)6(9)3-5/h1-2,5-7,10H,3,9H2. The van der Waals surface area contributed by atoms with Gasteiger partial charge in [0.2, 0.25) is 0 Å². The maximum atomic E-state index is 9.07. The van der Waals surface area contributed by atoms with Gasteiger partial charge in [-0.1, -0.05) is 12.2 Å². The molecule has 0 aromatic heterocycles. The molecule has 0 amide bonds. The molecular weight excluding hydrogens is 128 g/mol. The van der Waals surface area contributed by atoms with Crippen LogP contribution in [0, 0.1) is 17.2 Å². The van der Waals surface area contributed by atoms with Crippen LogP contribution in [0.25, 0.3) is 0 Å². The Hall–Kier alpha value is -0.850. The van der Waals surface area contributed by atoms with Gasteiger partial charge < -0.3 is 10.8 Å². The van der Waals surface area contributed by atoms with Crippen molar-refractivity contribution in [3.05, 3.63) is 12.2 Å². The van der Waals surface area contributed by atoms with Crippen molar-refractivity contribution < 1.29 is 5.11 Å². The van der Waals surface area contributed by atoms with E-state index in [4.69, 9.17) is 16.1 Å². The molecular formula is C7H10N2O. The second-order valence-corrected chi connectivity index (χ2v) is 2.51. The number of rotatable bonds is 0. The molecule has 0 saturated carbocycles. The second kappa shape index (κ2) is 2.82. The summed E-state index contributed by atoms with van der Waals surface area (Å²) in [6.07, 6.45) is 3.29. The zero-order valence-corrected chi connectivity index (χ0v) is 5.57. The van der Waals surface area contributed by atoms with E-state index in [0.29, 0.717) is 6.42 Å². The Morgan fingerprint density at radius 1 is 1.60 bits per heavy atom. The number of nitrogens with two attached hydrogens (primary N) is 1. The smallest absolute Gasteiger partial charge is 0.0872 e. The molecule has 1 aliphatic rings. The summed E-state index contributed by atoms with van der Waals surface area (Å²) in [6.45, 7) is 0. The van der Waals surface area contributed by atoms with E-state index in [1.807, 2.05) is 0 Å². The summed E-state index contributed by atoms with van der Waals surface area (Å²) < 4.78 is 0. The summed E-state index contributed by atoms with van der Waals surface area (Å²) in [5.41, 5.74) is 5.49. The number of hydrogen-bond acceptors (Lipinski definition) is 3. The molecule has 54 valence electrons. The third-order valence-electron chi connectivity index (χ3n) is 1.67. The average Bonchev–Trinajstić information content (AvgIpc) is 1.95. The largest absolute Gasteiger partial charge is 0.387 e. The SMILES string of the molecule is N#CC1C=CC(O)C(N)C1. The minimum absolute atomic E-state index is 0.113. The molecule has 10 heavy (non-hydrogen) atoms. The van der Waals surface area contributed by atoms with Crippen molar-refractivity contribution in [2.45, 2.75) is 18.6 Å². The van der Waals surface area contributed by atoms with Crippen LogP contribution in [0.15, 0.2) is 12.2 Å². The zero-order chi connectivity index (χ0) is 7.56. The highest BCUT2D eigenvalue weighted by molar-refractivity contribution is 5.10. The minimum atomic E-state index is -0.565. The molecule has 0 aliphatic heterocycles. The molecule has 0 fully saturated rings. The van der Waals surface area contributed by atoms with E-state index in [1.54, 1.807) is 12.2 Å². The Labute approximate surface area is 59.8 Å². The molecule has 0 heterocycles. The van der Waals surface area contributed by atoms with Crippen LogP contribution in [0.2, 0.25) is 0 Å². The third kappa shape index (κ3) is 1.35. The predicted octanol–water partition coefficient (Wildman–Crippen LogP) is -0.226. The Kier molecular flexibility index (Phi) is 2.05. The molecule has 1 rings (SSSR count). The summed E-state index contributed by atoms with van der Waals surface area (Å²) in [5.74, 6) is -0.113. The van der Waals surface area contributed by atoms with Crippen LogP contribution in [0.1, 0.15) is 6.42 Å². The summed E-state index contributed by atoms with van der Waals surface area (Å²) >= 11 is 0. The number of nitriles is 1. The number of aliphatic hydroxyl groups is 1. The topological polar surface area (TPSA) is 70.0 Å². The van der Waals surface area contributed by atoms with E-state index in [-0.39, 0.29) is 12.0 Å². The van der Waals surface area contributed by atoms with Gasteiger partial charge in [0.15, 0.2) is 0 Å². The van der Waals surface area contributed by atoms with Crippen LogP contribution in [-0.2, 0) is 0 Å². The van der Waals surface area contributed by atoms with E-state index >= 15 is 0 Å². The fourth-order valence-corrected chi connectivity index (χ4v) is 0.998. The maximum Gasteiger partial charge on any atom is 0.0872 e. The van der Waals surface area contributed by atoms with Crippen LogP contribution in [-0.4, -0.2) is 17.3 Å². The minimum Gasteiger partial charge on any atom is -0.387 e. The van der Waals surface area contributed by atoms with Crippen LogP contribution in [0.5, 0.6) is 0 Å². The molecule has 0 spiro atoms. The number of hydrogen-bond donors (Lipinski definition) is 2. The van der Waals surface area contributed by atoms with Crippen LogP contribution < -0.4 is 5.73 Å². The van der Waals surface area contributed by atoms with Crippen LogP contribution >= 0.6 is 0 Å². The summed E-state index contributed by atoms with van der Waals surface area (Å²) in [4.78, 5) is 0. The Morgan fingerprint density at radius 2 is 2.30 bits per heavy atom. The lowest BCUT2D eigenvalue weighted by Gasteiger charge is -2.21. The molecule has 3 unspecified atom stereocenters. The van der Waals surface area contributed by atoms with E-state index < -0.39 is 6.10 Å². The van der Waals surface area contributed by atoms with Crippen molar-refractivity contribution in [1.82, 2.24) is 0 Å². The first-order valence-electron chi connectivity index (χ1n) is 3.25. The summed E-state index contributed by atoms with van der Waals surface area (Å²) in [6, 6.07) is 1.81. The Bertz CT molecular complexity index is 183. The number of nitrogens with zero attached hydrogens (tertiary/aromatic N) is 1. The highest BCUT2D eigenvalue weighted by Crippen LogP contribution is 2.15. The van der Waals surface area contributed by atoms with Gasteiger partial charge in [0.1, 0.15) is 0 Å². The van der Waals surface area contributed by atoms with E-state index in [1.165, 1.54) is 0 Å². The molecule has 0 aromatic carbocycles. The van der Waals surface area contributed by atoms with Crippen LogP contribution in [0.3, 0.4) is 0 Å². The lowest BCUT2D eigenvalue weighted by Crippen LogP contribution is -2.37. The summed E-state index contributed by atoms with van der Waals surface area (Å²) in [7, 11) is 0. The number of aliphatic hydroxyl groups excluding tert-OH is 1. The van der Waals surface area contributed by atoms with Crippen LogP contribution in [0.4, 0.5) is 0 Å². The summed E-state index contributed by atoms with van der Waals surface area (Å²) in [5, 5.41) is 17.5. The highest BCUT2D eigenvalue weighted by Gasteiger charge is 2.20. The fourth-order valence-electron chi connectivity index (χ4n) is 0.998. The molecule has 0 saturated heterocycles. The second-order valence-electron chi connectivity index (χ2n) is 2.51. The maximum absolute atomic E-state index is 9.07. The molecule has 0 radical (unpaired) electrons. The quantitative estimate of drug-likeness (QED) is 0.454. The van der Waals surface area contributed by atoms with Crippen molar-refractivity contribution in [2.24, 2.45) is 11.7 Å². The fraction of sp³-hybridized carbons (Fsp3) is 0.571. The molecule has 0 bridgehead atoms. The third-order valence-corrected chi connectivity index (χ3v) is 1.67. The predicted molar refractivity (Wildman–Crippen MR) is 36.8 cm³/mol. The van der Waals surface area contributed by atoms with Gasteiger partial charge in [-0.25, -0.2) is 0 Å². The van der Waals surface area contributed by atoms with E-state index in [2.05, 4.69) is 6.07 Å². The molecule has 1 aliphatic carbocycles. The highest BCUT2D eigenvalue weighted by atomic mass is 16.3. The van der Waals surface area contributed by atoms with Crippen molar-refractivity contribution in [3.63, 3.8) is 0 Å². The first kappa shape index (κ1) is 7.26. The molecule has 3 heteroatoms. The average molecular weight is 138 g/mol. The van der Waals surface area contributed by atoms with Gasteiger partial charge in [0.25, 0.3) is 0 Å². The number of allylic oxidation sites excluding steroid dienone is 1. The first-order chi connectivity index (χ1) is 4.74.